The van der Waals surface area contributed by atoms with E-state index in [2.05, 4.69) is 6.58 Å². The minimum absolute atomic E-state index is 0.0544. The monoisotopic (exact) mass is 152 g/mol. The van der Waals surface area contributed by atoms with Crippen molar-refractivity contribution in [3.63, 3.8) is 0 Å². The van der Waals surface area contributed by atoms with Gasteiger partial charge in [-0.2, -0.15) is 0 Å². The molecule has 0 radical (unpaired) electrons. The Morgan fingerprint density at radius 2 is 1.90 bits per heavy atom. The Bertz CT molecular complexity index is 203. The second-order valence-corrected chi connectivity index (χ2v) is 2.52. The van der Waals surface area contributed by atoms with E-state index in [1.165, 1.54) is 0 Å². The summed E-state index contributed by atoms with van der Waals surface area (Å²) >= 11 is 5.87. The van der Waals surface area contributed by atoms with E-state index >= 15 is 0 Å². The van der Waals surface area contributed by atoms with Gasteiger partial charge in [0.25, 0.3) is 0 Å². The second kappa shape index (κ2) is 3.43. The molecule has 0 bridgehead atoms. The molecule has 0 aliphatic rings. The SMILES string of the molecule is C=C[C@H](Cl)c1ccccc1. The van der Waals surface area contributed by atoms with Crippen LogP contribution in [-0.2, 0) is 0 Å². The molecule has 0 amide bonds. The molecule has 0 aromatic heterocycles. The third kappa shape index (κ3) is 1.61. The van der Waals surface area contributed by atoms with Crippen molar-refractivity contribution < 1.29 is 0 Å². The summed E-state index contributed by atoms with van der Waals surface area (Å²) < 4.78 is 0. The van der Waals surface area contributed by atoms with Crippen LogP contribution in [0.25, 0.3) is 0 Å². The first-order valence-corrected chi connectivity index (χ1v) is 3.60. The number of hydrogen-bond acceptors (Lipinski definition) is 0. The lowest BCUT2D eigenvalue weighted by atomic mass is 10.1. The summed E-state index contributed by atoms with van der Waals surface area (Å²) in [7, 11) is 0. The molecular weight excluding hydrogens is 144 g/mol. The van der Waals surface area contributed by atoms with Gasteiger partial charge in [-0.25, -0.2) is 0 Å². The van der Waals surface area contributed by atoms with Crippen LogP contribution in [0.1, 0.15) is 10.9 Å². The Labute approximate surface area is 66.1 Å². The Balaban J connectivity index is 2.84. The van der Waals surface area contributed by atoms with E-state index in [0.717, 1.165) is 5.56 Å². The van der Waals surface area contributed by atoms with E-state index in [9.17, 15) is 0 Å². The van der Waals surface area contributed by atoms with Crippen LogP contribution >= 0.6 is 11.6 Å². The highest BCUT2D eigenvalue weighted by atomic mass is 35.5. The molecular formula is C9H9Cl. The van der Waals surface area contributed by atoms with E-state index in [4.69, 9.17) is 11.6 Å². The van der Waals surface area contributed by atoms with Crippen LogP contribution in [0.4, 0.5) is 0 Å². The Morgan fingerprint density at radius 1 is 1.30 bits per heavy atom. The van der Waals surface area contributed by atoms with Crippen molar-refractivity contribution in [3.8, 4) is 0 Å². The van der Waals surface area contributed by atoms with Gasteiger partial charge in [-0.05, 0) is 5.56 Å². The van der Waals surface area contributed by atoms with Crippen molar-refractivity contribution in [2.75, 3.05) is 0 Å². The summed E-state index contributed by atoms with van der Waals surface area (Å²) in [5.74, 6) is 0. The van der Waals surface area contributed by atoms with Crippen LogP contribution in [0.3, 0.4) is 0 Å². The molecule has 0 aliphatic carbocycles. The number of allylic oxidation sites excluding steroid dienone is 1. The lowest BCUT2D eigenvalue weighted by Gasteiger charge is -2.01. The minimum Gasteiger partial charge on any atom is -0.113 e. The third-order valence-electron chi connectivity index (χ3n) is 1.32. The lowest BCUT2D eigenvalue weighted by molar-refractivity contribution is 1.22. The van der Waals surface area contributed by atoms with Gasteiger partial charge in [0.05, 0.1) is 5.38 Å². The molecule has 1 aromatic carbocycles. The zero-order chi connectivity index (χ0) is 7.40. The molecule has 52 valence electrons. The highest BCUT2D eigenvalue weighted by molar-refractivity contribution is 6.21. The minimum atomic E-state index is -0.0544. The van der Waals surface area contributed by atoms with E-state index in [1.807, 2.05) is 30.3 Å². The summed E-state index contributed by atoms with van der Waals surface area (Å²) in [4.78, 5) is 0. The van der Waals surface area contributed by atoms with Gasteiger partial charge < -0.3 is 0 Å². The third-order valence-corrected chi connectivity index (χ3v) is 1.76. The second-order valence-electron chi connectivity index (χ2n) is 2.05. The largest absolute Gasteiger partial charge is 0.113 e. The molecule has 1 heteroatoms. The number of halogens is 1. The van der Waals surface area contributed by atoms with Gasteiger partial charge in [-0.15, -0.1) is 18.2 Å². The van der Waals surface area contributed by atoms with Gasteiger partial charge in [-0.3, -0.25) is 0 Å². The number of hydrogen-bond donors (Lipinski definition) is 0. The fourth-order valence-corrected chi connectivity index (χ4v) is 0.918. The molecule has 0 N–H and O–H groups in total. The lowest BCUT2D eigenvalue weighted by Crippen LogP contribution is -1.82. The summed E-state index contributed by atoms with van der Waals surface area (Å²) in [6.45, 7) is 3.61. The van der Waals surface area contributed by atoms with Crippen LogP contribution in [-0.4, -0.2) is 0 Å². The molecule has 0 nitrogen and oxygen atoms in total. The first-order chi connectivity index (χ1) is 4.84. The zero-order valence-electron chi connectivity index (χ0n) is 5.63. The quantitative estimate of drug-likeness (QED) is 0.451. The number of rotatable bonds is 2. The molecule has 0 fully saturated rings. The maximum absolute atomic E-state index is 5.87. The van der Waals surface area contributed by atoms with E-state index in [1.54, 1.807) is 6.08 Å². The van der Waals surface area contributed by atoms with Crippen LogP contribution in [0, 0.1) is 0 Å². The highest BCUT2D eigenvalue weighted by Gasteiger charge is 1.98. The molecule has 0 unspecified atom stereocenters. The average molecular weight is 153 g/mol. The molecule has 0 aliphatic heterocycles. The molecule has 0 heterocycles. The van der Waals surface area contributed by atoms with Crippen molar-refractivity contribution in [1.82, 2.24) is 0 Å². The molecule has 1 rings (SSSR count). The van der Waals surface area contributed by atoms with Gasteiger partial charge in [0, 0.05) is 0 Å². The van der Waals surface area contributed by atoms with Crippen LogP contribution in [0.15, 0.2) is 43.0 Å². The topological polar surface area (TPSA) is 0 Å². The van der Waals surface area contributed by atoms with E-state index in [0.29, 0.717) is 0 Å². The first-order valence-electron chi connectivity index (χ1n) is 3.16. The van der Waals surface area contributed by atoms with Crippen LogP contribution in [0.5, 0.6) is 0 Å². The first kappa shape index (κ1) is 7.36. The maximum Gasteiger partial charge on any atom is 0.0763 e. The molecule has 1 aromatic rings. The Morgan fingerprint density at radius 3 is 2.40 bits per heavy atom. The van der Waals surface area contributed by atoms with Gasteiger partial charge in [0.1, 0.15) is 0 Å². The molecule has 0 spiro atoms. The van der Waals surface area contributed by atoms with Crippen LogP contribution in [0.2, 0.25) is 0 Å². The standard InChI is InChI=1S/C9H9Cl/c1-2-9(10)8-6-4-3-5-7-8/h2-7,9H,1H2/t9-/m0/s1. The summed E-state index contributed by atoms with van der Waals surface area (Å²) in [5.41, 5.74) is 1.10. The molecule has 10 heavy (non-hydrogen) atoms. The smallest absolute Gasteiger partial charge is 0.0763 e. The normalized spacial score (nSPS) is 12.5. The molecule has 0 saturated carbocycles. The fraction of sp³-hybridized carbons (Fsp3) is 0.111. The van der Waals surface area contributed by atoms with Crippen molar-refractivity contribution in [2.45, 2.75) is 5.38 Å². The number of alkyl halides is 1. The Hall–Kier alpha value is -0.750. The van der Waals surface area contributed by atoms with Crippen molar-refractivity contribution in [3.05, 3.63) is 48.6 Å². The summed E-state index contributed by atoms with van der Waals surface area (Å²) in [6, 6.07) is 9.87. The molecule has 0 saturated heterocycles. The number of benzene rings is 1. The van der Waals surface area contributed by atoms with E-state index in [-0.39, 0.29) is 5.38 Å². The predicted octanol–water partition coefficient (Wildman–Crippen LogP) is 3.15. The van der Waals surface area contributed by atoms with E-state index < -0.39 is 0 Å². The summed E-state index contributed by atoms with van der Waals surface area (Å²) in [5, 5.41) is -0.0544. The maximum atomic E-state index is 5.87. The predicted molar refractivity (Wildman–Crippen MR) is 45.2 cm³/mol. The van der Waals surface area contributed by atoms with Crippen molar-refractivity contribution >= 4 is 11.6 Å². The Kier molecular flexibility index (Phi) is 2.52. The summed E-state index contributed by atoms with van der Waals surface area (Å²) in [6.07, 6.45) is 1.72. The highest BCUT2D eigenvalue weighted by Crippen LogP contribution is 2.19. The van der Waals surface area contributed by atoms with Crippen molar-refractivity contribution in [1.29, 1.82) is 0 Å². The van der Waals surface area contributed by atoms with Crippen LogP contribution < -0.4 is 0 Å². The fourth-order valence-electron chi connectivity index (χ4n) is 0.773. The van der Waals surface area contributed by atoms with Gasteiger partial charge in [0.15, 0.2) is 0 Å². The van der Waals surface area contributed by atoms with Gasteiger partial charge >= 0.3 is 0 Å². The van der Waals surface area contributed by atoms with Gasteiger partial charge in [0.2, 0.25) is 0 Å². The average Bonchev–Trinajstić information content (AvgIpc) is 2.05. The zero-order valence-corrected chi connectivity index (χ0v) is 6.38. The van der Waals surface area contributed by atoms with Crippen molar-refractivity contribution in [2.24, 2.45) is 0 Å². The molecule has 1 atom stereocenters. The van der Waals surface area contributed by atoms with Gasteiger partial charge in [-0.1, -0.05) is 36.4 Å².